The van der Waals surface area contributed by atoms with Gasteiger partial charge in [-0.2, -0.15) is 0 Å². The fraction of sp³-hybridized carbons (Fsp3) is 0.556. The second kappa shape index (κ2) is 8.54. The van der Waals surface area contributed by atoms with Crippen molar-refractivity contribution in [2.75, 3.05) is 20.2 Å². The molecule has 1 aromatic carbocycles. The molecule has 1 saturated heterocycles. The molecule has 2 N–H and O–H groups in total. The fourth-order valence-corrected chi connectivity index (χ4v) is 3.47. The van der Waals surface area contributed by atoms with E-state index in [0.717, 1.165) is 5.56 Å². The first-order chi connectivity index (χ1) is 11.8. The van der Waals surface area contributed by atoms with E-state index >= 15 is 0 Å². The number of piperidine rings is 1. The molecule has 1 aliphatic heterocycles. The molecule has 2 amide bonds. The Labute approximate surface area is 153 Å². The Kier molecular flexibility index (Phi) is 6.67. The van der Waals surface area contributed by atoms with Gasteiger partial charge in [-0.1, -0.05) is 30.7 Å². The van der Waals surface area contributed by atoms with Crippen molar-refractivity contribution in [3.05, 3.63) is 34.9 Å². The lowest BCUT2D eigenvalue weighted by Crippen LogP contribution is -2.52. The standard InChI is InChI=1S/C18H25ClN2O4/c1-11-8-14(17(22)23)10-21(9-11)18(24)20-12(2)16(25-3)13-4-6-15(19)7-5-13/h4-7,11-12,14,16H,8-10H2,1-3H3,(H,20,24)(H,22,23). The van der Waals surface area contributed by atoms with Crippen molar-refractivity contribution in [3.8, 4) is 0 Å². The van der Waals surface area contributed by atoms with Crippen LogP contribution in [0, 0.1) is 11.8 Å². The first-order valence-electron chi connectivity index (χ1n) is 8.38. The van der Waals surface area contributed by atoms with Crippen molar-refractivity contribution in [2.24, 2.45) is 11.8 Å². The van der Waals surface area contributed by atoms with Gasteiger partial charge in [-0.05, 0) is 37.0 Å². The number of carbonyl (C=O) groups excluding carboxylic acids is 1. The lowest BCUT2D eigenvalue weighted by molar-refractivity contribution is -0.143. The number of halogens is 1. The minimum Gasteiger partial charge on any atom is -0.481 e. The van der Waals surface area contributed by atoms with Crippen LogP contribution in [0.4, 0.5) is 4.79 Å². The predicted molar refractivity (Wildman–Crippen MR) is 95.7 cm³/mol. The number of carboxylic acid groups (broad SMARTS) is 1. The number of ether oxygens (including phenoxy) is 1. The average Bonchev–Trinajstić information content (AvgIpc) is 2.56. The molecule has 7 heteroatoms. The molecule has 25 heavy (non-hydrogen) atoms. The monoisotopic (exact) mass is 368 g/mol. The maximum Gasteiger partial charge on any atom is 0.317 e. The second-order valence-corrected chi connectivity index (χ2v) is 7.16. The highest BCUT2D eigenvalue weighted by atomic mass is 35.5. The molecule has 0 spiro atoms. The number of carboxylic acids is 1. The van der Waals surface area contributed by atoms with Gasteiger partial charge in [0.1, 0.15) is 6.10 Å². The van der Waals surface area contributed by atoms with Crippen molar-refractivity contribution >= 4 is 23.6 Å². The molecular weight excluding hydrogens is 344 g/mol. The summed E-state index contributed by atoms with van der Waals surface area (Å²) in [5.41, 5.74) is 0.912. The fourth-order valence-electron chi connectivity index (χ4n) is 3.34. The normalized spacial score (nSPS) is 23.0. The van der Waals surface area contributed by atoms with Crippen molar-refractivity contribution in [3.63, 3.8) is 0 Å². The van der Waals surface area contributed by atoms with Crippen LogP contribution < -0.4 is 5.32 Å². The molecule has 1 aromatic rings. The van der Waals surface area contributed by atoms with Gasteiger partial charge in [0.05, 0.1) is 12.0 Å². The smallest absolute Gasteiger partial charge is 0.317 e. The highest BCUT2D eigenvalue weighted by Gasteiger charge is 2.33. The van der Waals surface area contributed by atoms with Crippen LogP contribution in [-0.4, -0.2) is 48.2 Å². The molecule has 1 heterocycles. The van der Waals surface area contributed by atoms with Gasteiger partial charge in [0.15, 0.2) is 0 Å². The summed E-state index contributed by atoms with van der Waals surface area (Å²) in [6.45, 7) is 4.62. The number of nitrogens with one attached hydrogen (secondary N) is 1. The van der Waals surface area contributed by atoms with E-state index in [4.69, 9.17) is 16.3 Å². The highest BCUT2D eigenvalue weighted by molar-refractivity contribution is 6.30. The van der Waals surface area contributed by atoms with Gasteiger partial charge < -0.3 is 20.1 Å². The highest BCUT2D eigenvalue weighted by Crippen LogP contribution is 2.24. The third-order valence-electron chi connectivity index (χ3n) is 4.55. The van der Waals surface area contributed by atoms with Crippen LogP contribution in [0.25, 0.3) is 0 Å². The Hall–Kier alpha value is -1.79. The molecule has 4 unspecified atom stereocenters. The van der Waals surface area contributed by atoms with Gasteiger partial charge in [0.2, 0.25) is 0 Å². The van der Waals surface area contributed by atoms with Crippen molar-refractivity contribution < 1.29 is 19.4 Å². The van der Waals surface area contributed by atoms with Crippen LogP contribution in [0.15, 0.2) is 24.3 Å². The summed E-state index contributed by atoms with van der Waals surface area (Å²) in [4.78, 5) is 25.4. The van der Waals surface area contributed by atoms with Crippen LogP contribution in [0.5, 0.6) is 0 Å². The van der Waals surface area contributed by atoms with E-state index in [1.54, 1.807) is 24.1 Å². The van der Waals surface area contributed by atoms with Gasteiger partial charge in [-0.15, -0.1) is 0 Å². The van der Waals surface area contributed by atoms with Gasteiger partial charge in [0.25, 0.3) is 0 Å². The van der Waals surface area contributed by atoms with Crippen LogP contribution in [0.2, 0.25) is 5.02 Å². The van der Waals surface area contributed by atoms with Crippen LogP contribution in [0.3, 0.4) is 0 Å². The Balaban J connectivity index is 2.02. The Morgan fingerprint density at radius 1 is 1.32 bits per heavy atom. The van der Waals surface area contributed by atoms with E-state index in [1.165, 1.54) is 0 Å². The summed E-state index contributed by atoms with van der Waals surface area (Å²) in [5.74, 6) is -1.21. The topological polar surface area (TPSA) is 78.9 Å². The third-order valence-corrected chi connectivity index (χ3v) is 4.81. The number of amides is 2. The molecule has 0 radical (unpaired) electrons. The zero-order valence-corrected chi connectivity index (χ0v) is 15.5. The molecule has 4 atom stereocenters. The quantitative estimate of drug-likeness (QED) is 0.836. The number of nitrogens with zero attached hydrogens (tertiary/aromatic N) is 1. The van der Waals surface area contributed by atoms with Gasteiger partial charge in [-0.25, -0.2) is 4.79 Å². The first-order valence-corrected chi connectivity index (χ1v) is 8.76. The number of carbonyl (C=O) groups is 2. The van der Waals surface area contributed by atoms with Gasteiger partial charge in [0, 0.05) is 25.2 Å². The molecule has 2 rings (SSSR count). The number of likely N-dealkylation sites (tertiary alicyclic amines) is 1. The summed E-state index contributed by atoms with van der Waals surface area (Å²) in [6.07, 6.45) is 0.277. The van der Waals surface area contributed by atoms with Crippen LogP contribution in [-0.2, 0) is 9.53 Å². The largest absolute Gasteiger partial charge is 0.481 e. The van der Waals surface area contributed by atoms with E-state index in [0.29, 0.717) is 18.0 Å². The summed E-state index contributed by atoms with van der Waals surface area (Å²) in [7, 11) is 1.59. The molecule has 0 aromatic heterocycles. The lowest BCUT2D eigenvalue weighted by Gasteiger charge is -2.36. The SMILES string of the molecule is COC(c1ccc(Cl)cc1)C(C)NC(=O)N1CC(C)CC(C(=O)O)C1. The zero-order valence-electron chi connectivity index (χ0n) is 14.7. The molecular formula is C18H25ClN2O4. The minimum atomic E-state index is -0.853. The zero-order chi connectivity index (χ0) is 18.6. The molecule has 1 fully saturated rings. The summed E-state index contributed by atoms with van der Waals surface area (Å²) in [6, 6.07) is 6.74. The minimum absolute atomic E-state index is 0.158. The Morgan fingerprint density at radius 2 is 1.96 bits per heavy atom. The Morgan fingerprint density at radius 3 is 2.52 bits per heavy atom. The lowest BCUT2D eigenvalue weighted by atomic mass is 9.91. The third kappa shape index (κ3) is 5.09. The van der Waals surface area contributed by atoms with E-state index in [-0.39, 0.29) is 30.6 Å². The molecule has 6 nitrogen and oxygen atoms in total. The molecule has 0 aliphatic carbocycles. The summed E-state index contributed by atoms with van der Waals surface area (Å²) >= 11 is 5.91. The predicted octanol–water partition coefficient (Wildman–Crippen LogP) is 3.17. The first kappa shape index (κ1) is 19.5. The number of urea groups is 1. The number of hydrogen-bond acceptors (Lipinski definition) is 3. The van der Waals surface area contributed by atoms with E-state index in [9.17, 15) is 14.7 Å². The molecule has 0 bridgehead atoms. The molecule has 138 valence electrons. The van der Waals surface area contributed by atoms with Gasteiger partial charge >= 0.3 is 12.0 Å². The average molecular weight is 369 g/mol. The number of hydrogen-bond donors (Lipinski definition) is 2. The van der Waals surface area contributed by atoms with E-state index < -0.39 is 11.9 Å². The number of rotatable bonds is 5. The van der Waals surface area contributed by atoms with Crippen molar-refractivity contribution in [1.29, 1.82) is 0 Å². The second-order valence-electron chi connectivity index (χ2n) is 6.73. The van der Waals surface area contributed by atoms with Crippen LogP contribution in [0.1, 0.15) is 31.9 Å². The van der Waals surface area contributed by atoms with Crippen molar-refractivity contribution in [2.45, 2.75) is 32.4 Å². The number of benzene rings is 1. The van der Waals surface area contributed by atoms with E-state index in [2.05, 4.69) is 5.32 Å². The van der Waals surface area contributed by atoms with Crippen LogP contribution >= 0.6 is 11.6 Å². The Bertz CT molecular complexity index is 608. The summed E-state index contributed by atoms with van der Waals surface area (Å²) < 4.78 is 5.54. The number of aliphatic carboxylic acids is 1. The maximum absolute atomic E-state index is 12.6. The van der Waals surface area contributed by atoms with E-state index in [1.807, 2.05) is 26.0 Å². The van der Waals surface area contributed by atoms with Gasteiger partial charge in [-0.3, -0.25) is 4.79 Å². The number of methoxy groups -OCH3 is 1. The molecule has 0 saturated carbocycles. The maximum atomic E-state index is 12.6. The summed E-state index contributed by atoms with van der Waals surface area (Å²) in [5, 5.41) is 12.8. The molecule has 1 aliphatic rings. The van der Waals surface area contributed by atoms with Crippen molar-refractivity contribution in [1.82, 2.24) is 10.2 Å².